The smallest absolute Gasteiger partial charge is 0.164 e. The molecule has 0 spiro atoms. The molecule has 0 heterocycles. The highest BCUT2D eigenvalue weighted by Crippen LogP contribution is 2.21. The summed E-state index contributed by atoms with van der Waals surface area (Å²) in [5.41, 5.74) is 0.942. The van der Waals surface area contributed by atoms with Gasteiger partial charge in [0.15, 0.2) is 9.76 Å². The molecule has 0 amide bonds. The highest BCUT2D eigenvalue weighted by atomic mass is 28.2. The lowest BCUT2D eigenvalue weighted by Crippen LogP contribution is -2.13. The molecule has 0 aliphatic heterocycles. The Morgan fingerprint density at radius 1 is 1.00 bits per heavy atom. The quantitative estimate of drug-likeness (QED) is 0.534. The third-order valence-corrected chi connectivity index (χ3v) is 4.74. The molecular formula is C12H28OSi. The van der Waals surface area contributed by atoms with E-state index < -0.39 is 0 Å². The van der Waals surface area contributed by atoms with Crippen molar-refractivity contribution in [2.24, 2.45) is 0 Å². The second kappa shape index (κ2) is 9.72. The Hall–Kier alpha value is 0.177. The zero-order valence-electron chi connectivity index (χ0n) is 10.5. The summed E-state index contributed by atoms with van der Waals surface area (Å²) in [7, 11) is -0.263. The van der Waals surface area contributed by atoms with E-state index in [1.807, 2.05) is 0 Å². The van der Waals surface area contributed by atoms with Gasteiger partial charge in [0.05, 0.1) is 0 Å². The van der Waals surface area contributed by atoms with Crippen molar-refractivity contribution >= 4 is 9.76 Å². The van der Waals surface area contributed by atoms with Crippen LogP contribution in [-0.2, 0) is 4.43 Å². The summed E-state index contributed by atoms with van der Waals surface area (Å²) < 4.78 is 5.84. The van der Waals surface area contributed by atoms with Gasteiger partial charge in [0.1, 0.15) is 0 Å². The second-order valence-electron chi connectivity index (χ2n) is 4.53. The van der Waals surface area contributed by atoms with Crippen molar-refractivity contribution in [3.63, 3.8) is 0 Å². The normalized spacial score (nSPS) is 12.4. The summed E-state index contributed by atoms with van der Waals surface area (Å²) in [5, 5.41) is 0. The van der Waals surface area contributed by atoms with Crippen LogP contribution in [0.4, 0.5) is 0 Å². The van der Waals surface area contributed by atoms with Gasteiger partial charge in [-0.3, -0.25) is 0 Å². The van der Waals surface area contributed by atoms with Crippen molar-refractivity contribution in [1.29, 1.82) is 0 Å². The van der Waals surface area contributed by atoms with E-state index in [1.54, 1.807) is 0 Å². The first kappa shape index (κ1) is 14.2. The van der Waals surface area contributed by atoms with Gasteiger partial charge >= 0.3 is 0 Å². The third-order valence-electron chi connectivity index (χ3n) is 2.60. The number of hydrogen-bond donors (Lipinski definition) is 0. The first-order valence-electron chi connectivity index (χ1n) is 6.32. The molecule has 0 fully saturated rings. The van der Waals surface area contributed by atoms with Crippen molar-refractivity contribution < 1.29 is 4.43 Å². The number of unbranched alkanes of at least 4 members (excludes halogenated alkanes) is 2. The molecule has 0 saturated heterocycles. The van der Waals surface area contributed by atoms with Gasteiger partial charge in [0.25, 0.3) is 0 Å². The van der Waals surface area contributed by atoms with Gasteiger partial charge in [-0.15, -0.1) is 0 Å². The van der Waals surface area contributed by atoms with Crippen LogP contribution >= 0.6 is 0 Å². The van der Waals surface area contributed by atoms with Gasteiger partial charge in [-0.05, 0) is 19.4 Å². The predicted molar refractivity (Wildman–Crippen MR) is 67.6 cm³/mol. The fourth-order valence-electron chi connectivity index (χ4n) is 1.63. The van der Waals surface area contributed by atoms with Crippen molar-refractivity contribution in [1.82, 2.24) is 0 Å². The summed E-state index contributed by atoms with van der Waals surface area (Å²) in [5.74, 6) is 0. The van der Waals surface area contributed by atoms with E-state index in [1.165, 1.54) is 38.5 Å². The van der Waals surface area contributed by atoms with E-state index in [4.69, 9.17) is 4.43 Å². The predicted octanol–water partition coefficient (Wildman–Crippen LogP) is 3.66. The van der Waals surface area contributed by atoms with Crippen molar-refractivity contribution in [2.45, 2.75) is 77.9 Å². The summed E-state index contributed by atoms with van der Waals surface area (Å²) in [6, 6.07) is 0. The molecule has 0 saturated carbocycles. The van der Waals surface area contributed by atoms with Gasteiger partial charge in [0.2, 0.25) is 0 Å². The molecule has 1 nitrogen and oxygen atoms in total. The minimum Gasteiger partial charge on any atom is -0.421 e. The van der Waals surface area contributed by atoms with Gasteiger partial charge in [-0.1, -0.05) is 52.4 Å². The van der Waals surface area contributed by atoms with Gasteiger partial charge in [-0.25, -0.2) is 0 Å². The zero-order chi connectivity index (χ0) is 10.8. The van der Waals surface area contributed by atoms with Crippen molar-refractivity contribution in [3.05, 3.63) is 0 Å². The molecule has 0 radical (unpaired) electrons. The average molecular weight is 216 g/mol. The molecule has 0 aliphatic rings. The summed E-state index contributed by atoms with van der Waals surface area (Å²) in [6.07, 6.45) is 8.72. The molecule has 0 aromatic rings. The lowest BCUT2D eigenvalue weighted by atomic mass is 10.1. The molecule has 14 heavy (non-hydrogen) atoms. The second-order valence-corrected chi connectivity index (χ2v) is 6.35. The van der Waals surface area contributed by atoms with Crippen molar-refractivity contribution in [2.75, 3.05) is 0 Å². The van der Waals surface area contributed by atoms with E-state index in [0.717, 1.165) is 5.54 Å². The van der Waals surface area contributed by atoms with Gasteiger partial charge in [-0.2, -0.15) is 0 Å². The maximum absolute atomic E-state index is 5.84. The molecule has 0 aromatic carbocycles. The van der Waals surface area contributed by atoms with Crippen LogP contribution < -0.4 is 0 Å². The van der Waals surface area contributed by atoms with Crippen molar-refractivity contribution in [3.8, 4) is 0 Å². The Kier molecular flexibility index (Phi) is 9.84. The Bertz CT molecular complexity index is 107. The monoisotopic (exact) mass is 216 g/mol. The lowest BCUT2D eigenvalue weighted by Gasteiger charge is -2.17. The SMILES string of the molecule is CCCCC(CCCC)[SiH2]OC(C)C. The molecule has 0 unspecified atom stereocenters. The Balaban J connectivity index is 3.60. The molecule has 0 aliphatic carbocycles. The average Bonchev–Trinajstić information content (AvgIpc) is 2.16. The summed E-state index contributed by atoms with van der Waals surface area (Å²) in [4.78, 5) is 0. The van der Waals surface area contributed by atoms with E-state index >= 15 is 0 Å². The van der Waals surface area contributed by atoms with Crippen LogP contribution in [0.25, 0.3) is 0 Å². The van der Waals surface area contributed by atoms with E-state index in [0.29, 0.717) is 6.10 Å². The summed E-state index contributed by atoms with van der Waals surface area (Å²) >= 11 is 0. The van der Waals surface area contributed by atoms with Crippen LogP contribution in [0, 0.1) is 0 Å². The zero-order valence-corrected chi connectivity index (χ0v) is 11.9. The van der Waals surface area contributed by atoms with Crippen LogP contribution in [0.3, 0.4) is 0 Å². The van der Waals surface area contributed by atoms with Gasteiger partial charge < -0.3 is 4.43 Å². The van der Waals surface area contributed by atoms with Crippen LogP contribution in [0.2, 0.25) is 5.54 Å². The molecule has 0 aromatic heterocycles. The maximum atomic E-state index is 5.84. The molecule has 2 heteroatoms. The highest BCUT2D eigenvalue weighted by molar-refractivity contribution is 6.29. The van der Waals surface area contributed by atoms with Crippen LogP contribution in [0.5, 0.6) is 0 Å². The molecule has 0 bridgehead atoms. The maximum Gasteiger partial charge on any atom is 0.164 e. The van der Waals surface area contributed by atoms with E-state index in [2.05, 4.69) is 27.7 Å². The fraction of sp³-hybridized carbons (Fsp3) is 1.00. The Labute approximate surface area is 92.6 Å². The van der Waals surface area contributed by atoms with Crippen LogP contribution in [0.1, 0.15) is 66.2 Å². The van der Waals surface area contributed by atoms with E-state index in [-0.39, 0.29) is 9.76 Å². The highest BCUT2D eigenvalue weighted by Gasteiger charge is 2.09. The standard InChI is InChI=1S/C12H28OSi/c1-5-7-9-12(10-8-6-2)14-13-11(3)4/h11-12H,5-10,14H2,1-4H3. The van der Waals surface area contributed by atoms with Crippen LogP contribution in [0.15, 0.2) is 0 Å². The minimum absolute atomic E-state index is 0.263. The number of rotatable bonds is 9. The van der Waals surface area contributed by atoms with Crippen LogP contribution in [-0.4, -0.2) is 15.9 Å². The number of hydrogen-bond acceptors (Lipinski definition) is 1. The van der Waals surface area contributed by atoms with Gasteiger partial charge in [0, 0.05) is 6.10 Å². The minimum atomic E-state index is -0.263. The fourth-order valence-corrected chi connectivity index (χ4v) is 3.19. The largest absolute Gasteiger partial charge is 0.421 e. The Morgan fingerprint density at radius 2 is 1.50 bits per heavy atom. The molecular weight excluding hydrogens is 188 g/mol. The topological polar surface area (TPSA) is 9.23 Å². The first-order chi connectivity index (χ1) is 6.70. The lowest BCUT2D eigenvalue weighted by molar-refractivity contribution is 0.248. The summed E-state index contributed by atoms with van der Waals surface area (Å²) in [6.45, 7) is 8.87. The molecule has 0 rings (SSSR count). The third kappa shape index (κ3) is 8.76. The molecule has 86 valence electrons. The molecule has 0 atom stereocenters. The Morgan fingerprint density at radius 3 is 1.86 bits per heavy atom. The molecule has 0 N–H and O–H groups in total. The first-order valence-corrected chi connectivity index (χ1v) is 7.71. The van der Waals surface area contributed by atoms with E-state index in [9.17, 15) is 0 Å².